The van der Waals surface area contributed by atoms with Gasteiger partial charge in [0.05, 0.1) is 4.34 Å². The summed E-state index contributed by atoms with van der Waals surface area (Å²) >= 11 is 7.81. The van der Waals surface area contributed by atoms with Gasteiger partial charge < -0.3 is 15.4 Å². The summed E-state index contributed by atoms with van der Waals surface area (Å²) in [5.41, 5.74) is 0.855. The minimum absolute atomic E-state index is 0.00864. The van der Waals surface area contributed by atoms with Crippen LogP contribution >= 0.6 is 22.9 Å². The summed E-state index contributed by atoms with van der Waals surface area (Å²) in [7, 11) is 0. The molecule has 1 heterocycles. The van der Waals surface area contributed by atoms with Crippen molar-refractivity contribution < 1.29 is 9.53 Å². The lowest BCUT2D eigenvalue weighted by Gasteiger charge is -2.26. The van der Waals surface area contributed by atoms with E-state index in [1.165, 1.54) is 16.9 Å². The average molecular weight is 345 g/mol. The van der Waals surface area contributed by atoms with Gasteiger partial charge in [0, 0.05) is 23.5 Å². The van der Waals surface area contributed by atoms with E-state index in [1.807, 2.05) is 27.7 Å². The number of rotatable bonds is 4. The molecule has 0 saturated carbocycles. The molecule has 0 radical (unpaired) electrons. The summed E-state index contributed by atoms with van der Waals surface area (Å²) < 4.78 is 6.13. The molecule has 1 amide bonds. The summed E-state index contributed by atoms with van der Waals surface area (Å²) in [5, 5.41) is 6.39. The Balaban J connectivity index is 1.82. The monoisotopic (exact) mass is 344 g/mol. The second-order valence-electron chi connectivity index (χ2n) is 6.83. The van der Waals surface area contributed by atoms with Crippen molar-refractivity contribution in [1.29, 1.82) is 0 Å². The van der Waals surface area contributed by atoms with E-state index in [4.69, 9.17) is 16.3 Å². The second-order valence-corrected chi connectivity index (χ2v) is 8.60. The first-order valence-corrected chi connectivity index (χ1v) is 8.95. The quantitative estimate of drug-likeness (QED) is 0.857. The Morgan fingerprint density at radius 1 is 1.55 bits per heavy atom. The first-order chi connectivity index (χ1) is 10.2. The maximum absolute atomic E-state index is 11.7. The average Bonchev–Trinajstić information content (AvgIpc) is 2.74. The van der Waals surface area contributed by atoms with E-state index in [1.54, 1.807) is 11.3 Å². The highest BCUT2D eigenvalue weighted by molar-refractivity contribution is 7.16. The summed E-state index contributed by atoms with van der Waals surface area (Å²) in [6.45, 7) is 8.26. The summed E-state index contributed by atoms with van der Waals surface area (Å²) in [5.74, 6) is 0. The number of halogens is 1. The van der Waals surface area contributed by atoms with E-state index in [0.29, 0.717) is 12.6 Å². The zero-order chi connectivity index (χ0) is 16.3. The number of amides is 1. The zero-order valence-corrected chi connectivity index (χ0v) is 15.2. The highest BCUT2D eigenvalue weighted by Crippen LogP contribution is 2.37. The Morgan fingerprint density at radius 2 is 2.27 bits per heavy atom. The molecule has 1 aliphatic rings. The van der Waals surface area contributed by atoms with Crippen LogP contribution in [0.4, 0.5) is 4.79 Å². The predicted molar refractivity (Wildman–Crippen MR) is 91.8 cm³/mol. The minimum Gasteiger partial charge on any atom is -0.444 e. The van der Waals surface area contributed by atoms with Gasteiger partial charge in [-0.1, -0.05) is 11.6 Å². The van der Waals surface area contributed by atoms with Crippen LogP contribution < -0.4 is 10.6 Å². The third-order valence-corrected chi connectivity index (χ3v) is 4.86. The Labute approximate surface area is 141 Å². The lowest BCUT2D eigenvalue weighted by Crippen LogP contribution is -2.43. The number of alkyl carbamates (subject to hydrolysis) is 1. The van der Waals surface area contributed by atoms with Gasteiger partial charge in [-0.25, -0.2) is 4.79 Å². The Morgan fingerprint density at radius 3 is 2.95 bits per heavy atom. The summed E-state index contributed by atoms with van der Waals surface area (Å²) in [6, 6.07) is 2.41. The molecule has 1 aromatic heterocycles. The maximum Gasteiger partial charge on any atom is 0.407 e. The van der Waals surface area contributed by atoms with Crippen LogP contribution in [0, 0.1) is 0 Å². The number of hydrogen-bond donors (Lipinski definition) is 2. The SMILES string of the molecule is CC(CNC1CCCc2sc(Cl)cc21)NC(=O)OC(C)(C)C. The summed E-state index contributed by atoms with van der Waals surface area (Å²) in [4.78, 5) is 13.1. The van der Waals surface area contributed by atoms with Crippen molar-refractivity contribution >= 4 is 29.0 Å². The van der Waals surface area contributed by atoms with E-state index < -0.39 is 5.60 Å². The van der Waals surface area contributed by atoms with E-state index >= 15 is 0 Å². The fourth-order valence-electron chi connectivity index (χ4n) is 2.61. The number of thiophene rings is 1. The third kappa shape index (κ3) is 5.14. The molecule has 1 aromatic rings. The fourth-order valence-corrected chi connectivity index (χ4v) is 4.00. The normalized spacial score (nSPS) is 19.4. The Hall–Kier alpha value is -0.780. The van der Waals surface area contributed by atoms with Crippen LogP contribution in [0.2, 0.25) is 4.34 Å². The van der Waals surface area contributed by atoms with Gasteiger partial charge in [-0.15, -0.1) is 11.3 Å². The molecule has 2 N–H and O–H groups in total. The molecule has 6 heteroatoms. The van der Waals surface area contributed by atoms with Crippen LogP contribution in [0.5, 0.6) is 0 Å². The Bertz CT molecular complexity index is 525. The molecule has 2 unspecified atom stereocenters. The van der Waals surface area contributed by atoms with Gasteiger partial charge >= 0.3 is 6.09 Å². The van der Waals surface area contributed by atoms with Crippen molar-refractivity contribution in [3.05, 3.63) is 20.8 Å². The van der Waals surface area contributed by atoms with Crippen molar-refractivity contribution in [3.8, 4) is 0 Å². The van der Waals surface area contributed by atoms with Crippen LogP contribution in [0.25, 0.3) is 0 Å². The molecule has 0 spiro atoms. The van der Waals surface area contributed by atoms with Gasteiger partial charge in [0.2, 0.25) is 0 Å². The highest BCUT2D eigenvalue weighted by atomic mass is 35.5. The smallest absolute Gasteiger partial charge is 0.407 e. The van der Waals surface area contributed by atoms with E-state index in [9.17, 15) is 4.79 Å². The number of carbonyl (C=O) groups is 1. The molecule has 1 aliphatic carbocycles. The number of fused-ring (bicyclic) bond motifs is 1. The van der Waals surface area contributed by atoms with Crippen molar-refractivity contribution in [1.82, 2.24) is 10.6 Å². The Kier molecular flexibility index (Phi) is 5.75. The minimum atomic E-state index is -0.469. The van der Waals surface area contributed by atoms with Crippen molar-refractivity contribution in [3.63, 3.8) is 0 Å². The first-order valence-electron chi connectivity index (χ1n) is 7.75. The van der Waals surface area contributed by atoms with Gasteiger partial charge in [0.15, 0.2) is 0 Å². The van der Waals surface area contributed by atoms with Crippen LogP contribution in [0.3, 0.4) is 0 Å². The topological polar surface area (TPSA) is 50.4 Å². The van der Waals surface area contributed by atoms with Crippen molar-refractivity contribution in [2.75, 3.05) is 6.54 Å². The van der Waals surface area contributed by atoms with Gasteiger partial charge in [0.1, 0.15) is 5.60 Å². The lowest BCUT2D eigenvalue weighted by atomic mass is 9.94. The van der Waals surface area contributed by atoms with E-state index in [0.717, 1.165) is 17.2 Å². The molecule has 2 atom stereocenters. The number of nitrogens with one attached hydrogen (secondary N) is 2. The van der Waals surface area contributed by atoms with Crippen LogP contribution in [-0.4, -0.2) is 24.3 Å². The van der Waals surface area contributed by atoms with Crippen molar-refractivity contribution in [2.24, 2.45) is 0 Å². The van der Waals surface area contributed by atoms with Crippen LogP contribution in [0.1, 0.15) is 57.0 Å². The largest absolute Gasteiger partial charge is 0.444 e. The number of ether oxygens (including phenoxy) is 1. The molecule has 0 bridgehead atoms. The molecule has 22 heavy (non-hydrogen) atoms. The van der Waals surface area contributed by atoms with Gasteiger partial charge in [-0.05, 0) is 58.6 Å². The molecule has 0 aliphatic heterocycles. The summed E-state index contributed by atoms with van der Waals surface area (Å²) in [6.07, 6.45) is 3.04. The molecule has 124 valence electrons. The lowest BCUT2D eigenvalue weighted by molar-refractivity contribution is 0.0507. The zero-order valence-electron chi connectivity index (χ0n) is 13.7. The molecular weight excluding hydrogens is 320 g/mol. The van der Waals surface area contributed by atoms with Crippen molar-refractivity contribution in [2.45, 2.75) is 64.6 Å². The third-order valence-electron chi connectivity index (χ3n) is 3.52. The highest BCUT2D eigenvalue weighted by Gasteiger charge is 2.23. The molecule has 0 fully saturated rings. The standard InChI is InChI=1S/C16H25ClN2O2S/c1-10(19-15(20)21-16(2,3)4)9-18-12-6-5-7-13-11(12)8-14(17)22-13/h8,10,12,18H,5-7,9H2,1-4H3,(H,19,20). The first kappa shape index (κ1) is 17.6. The number of hydrogen-bond acceptors (Lipinski definition) is 4. The van der Waals surface area contributed by atoms with E-state index in [2.05, 4.69) is 16.7 Å². The number of aryl methyl sites for hydroxylation is 1. The second kappa shape index (κ2) is 7.20. The maximum atomic E-state index is 11.7. The van der Waals surface area contributed by atoms with E-state index in [-0.39, 0.29) is 12.1 Å². The predicted octanol–water partition coefficient (Wildman–Crippen LogP) is 4.28. The van der Waals surface area contributed by atoms with Gasteiger partial charge in [-0.3, -0.25) is 0 Å². The number of carbonyl (C=O) groups excluding carboxylic acids is 1. The molecule has 0 aromatic carbocycles. The molecular formula is C16H25ClN2O2S. The van der Waals surface area contributed by atoms with Gasteiger partial charge in [-0.2, -0.15) is 0 Å². The van der Waals surface area contributed by atoms with Gasteiger partial charge in [0.25, 0.3) is 0 Å². The molecule has 0 saturated heterocycles. The molecule has 4 nitrogen and oxygen atoms in total. The molecule has 2 rings (SSSR count). The fraction of sp³-hybridized carbons (Fsp3) is 0.688. The van der Waals surface area contributed by atoms with Crippen LogP contribution in [0.15, 0.2) is 6.07 Å². The van der Waals surface area contributed by atoms with Crippen LogP contribution in [-0.2, 0) is 11.2 Å².